The fourth-order valence-corrected chi connectivity index (χ4v) is 3.26. The molecule has 134 valence electrons. The van der Waals surface area contributed by atoms with E-state index in [0.717, 1.165) is 51.2 Å². The van der Waals surface area contributed by atoms with E-state index >= 15 is 0 Å². The van der Waals surface area contributed by atoms with Gasteiger partial charge in [0.15, 0.2) is 0 Å². The lowest BCUT2D eigenvalue weighted by molar-refractivity contribution is 1.07. The van der Waals surface area contributed by atoms with Gasteiger partial charge in [-0.3, -0.25) is 0 Å². The minimum Gasteiger partial charge on any atom is -0.370 e. The van der Waals surface area contributed by atoms with Crippen LogP contribution in [0.25, 0.3) is 33.3 Å². The summed E-state index contributed by atoms with van der Waals surface area (Å²) in [6.07, 6.45) is 1.80. The van der Waals surface area contributed by atoms with Crippen molar-refractivity contribution in [2.75, 3.05) is 11.9 Å². The van der Waals surface area contributed by atoms with Crippen molar-refractivity contribution in [3.63, 3.8) is 0 Å². The summed E-state index contributed by atoms with van der Waals surface area (Å²) in [5.41, 5.74) is 12.1. The fraction of sp³-hybridized carbons (Fsp3) is 0.130. The van der Waals surface area contributed by atoms with Gasteiger partial charge in [0, 0.05) is 35.8 Å². The Morgan fingerprint density at radius 1 is 0.926 bits per heavy atom. The van der Waals surface area contributed by atoms with Crippen molar-refractivity contribution >= 4 is 16.7 Å². The molecule has 0 unspecified atom stereocenters. The standard InChI is InChI=1S/C23H22N4/c1-2-25-23-20-14-19(17-6-4-3-5-7-17)22(27-21(20)12-13-26-23)18-10-8-16(15-24)9-11-18/h3-14H,2,15,24H2,1H3,(H,25,26). The first-order chi connectivity index (χ1) is 13.3. The second-order valence-corrected chi connectivity index (χ2v) is 6.41. The van der Waals surface area contributed by atoms with Crippen LogP contribution in [0.1, 0.15) is 12.5 Å². The molecule has 0 aliphatic heterocycles. The van der Waals surface area contributed by atoms with Crippen LogP contribution < -0.4 is 11.1 Å². The molecular formula is C23H22N4. The van der Waals surface area contributed by atoms with Crippen LogP contribution in [0.2, 0.25) is 0 Å². The number of hydrogen-bond acceptors (Lipinski definition) is 4. The van der Waals surface area contributed by atoms with E-state index in [9.17, 15) is 0 Å². The lowest BCUT2D eigenvalue weighted by atomic mass is 9.97. The van der Waals surface area contributed by atoms with Crippen LogP contribution in [0, 0.1) is 0 Å². The first kappa shape index (κ1) is 17.2. The van der Waals surface area contributed by atoms with E-state index in [4.69, 9.17) is 10.7 Å². The summed E-state index contributed by atoms with van der Waals surface area (Å²) in [5.74, 6) is 0.865. The highest BCUT2D eigenvalue weighted by Crippen LogP contribution is 2.35. The van der Waals surface area contributed by atoms with Gasteiger partial charge in [-0.05, 0) is 30.2 Å². The predicted molar refractivity (Wildman–Crippen MR) is 112 cm³/mol. The minimum absolute atomic E-state index is 0.536. The Labute approximate surface area is 159 Å². The molecule has 0 fully saturated rings. The minimum atomic E-state index is 0.536. The topological polar surface area (TPSA) is 63.8 Å². The molecule has 0 aliphatic rings. The molecule has 2 aromatic heterocycles. The van der Waals surface area contributed by atoms with Crippen LogP contribution in [-0.4, -0.2) is 16.5 Å². The molecule has 0 saturated carbocycles. The highest BCUT2D eigenvalue weighted by molar-refractivity contribution is 5.96. The van der Waals surface area contributed by atoms with Crippen molar-refractivity contribution in [1.82, 2.24) is 9.97 Å². The molecule has 2 heterocycles. The number of benzene rings is 2. The van der Waals surface area contributed by atoms with Crippen LogP contribution in [0.15, 0.2) is 72.9 Å². The summed E-state index contributed by atoms with van der Waals surface area (Å²) in [4.78, 5) is 9.50. The van der Waals surface area contributed by atoms with E-state index in [2.05, 4.69) is 71.8 Å². The number of nitrogens with two attached hydrogens (primary N) is 1. The van der Waals surface area contributed by atoms with Crippen molar-refractivity contribution in [1.29, 1.82) is 0 Å². The van der Waals surface area contributed by atoms with E-state index in [1.807, 2.05) is 12.1 Å². The fourth-order valence-electron chi connectivity index (χ4n) is 3.26. The van der Waals surface area contributed by atoms with Gasteiger partial charge >= 0.3 is 0 Å². The zero-order valence-electron chi connectivity index (χ0n) is 15.3. The number of pyridine rings is 2. The van der Waals surface area contributed by atoms with Crippen molar-refractivity contribution in [3.05, 3.63) is 78.5 Å². The third-order valence-electron chi connectivity index (χ3n) is 4.64. The number of fused-ring (bicyclic) bond motifs is 1. The lowest BCUT2D eigenvalue weighted by Gasteiger charge is -2.14. The van der Waals surface area contributed by atoms with E-state index in [-0.39, 0.29) is 0 Å². The van der Waals surface area contributed by atoms with Gasteiger partial charge in [0.25, 0.3) is 0 Å². The molecule has 0 atom stereocenters. The van der Waals surface area contributed by atoms with E-state index in [0.29, 0.717) is 6.54 Å². The van der Waals surface area contributed by atoms with Crippen LogP contribution in [0.3, 0.4) is 0 Å². The zero-order valence-corrected chi connectivity index (χ0v) is 15.3. The molecule has 0 saturated heterocycles. The molecule has 4 rings (SSSR count). The Bertz CT molecular complexity index is 1060. The molecule has 0 aliphatic carbocycles. The van der Waals surface area contributed by atoms with Gasteiger partial charge in [-0.1, -0.05) is 54.6 Å². The maximum absolute atomic E-state index is 5.75. The summed E-state index contributed by atoms with van der Waals surface area (Å²) >= 11 is 0. The lowest BCUT2D eigenvalue weighted by Crippen LogP contribution is -2.01. The van der Waals surface area contributed by atoms with Gasteiger partial charge in [-0.15, -0.1) is 0 Å². The number of anilines is 1. The summed E-state index contributed by atoms with van der Waals surface area (Å²) in [6.45, 7) is 3.42. The number of nitrogens with one attached hydrogen (secondary N) is 1. The molecule has 0 amide bonds. The average molecular weight is 354 g/mol. The normalized spacial score (nSPS) is 10.9. The number of aromatic nitrogens is 2. The Hall–Kier alpha value is -3.24. The Morgan fingerprint density at radius 2 is 1.70 bits per heavy atom. The Balaban J connectivity index is 1.98. The molecule has 0 spiro atoms. The van der Waals surface area contributed by atoms with Crippen molar-refractivity contribution in [3.8, 4) is 22.4 Å². The third kappa shape index (κ3) is 3.39. The second kappa shape index (κ2) is 7.56. The average Bonchev–Trinajstić information content (AvgIpc) is 2.74. The highest BCUT2D eigenvalue weighted by Gasteiger charge is 2.13. The van der Waals surface area contributed by atoms with Crippen LogP contribution >= 0.6 is 0 Å². The summed E-state index contributed by atoms with van der Waals surface area (Å²) in [7, 11) is 0. The second-order valence-electron chi connectivity index (χ2n) is 6.41. The molecule has 4 aromatic rings. The van der Waals surface area contributed by atoms with Crippen molar-refractivity contribution in [2.45, 2.75) is 13.5 Å². The summed E-state index contributed by atoms with van der Waals surface area (Å²) in [5, 5.41) is 4.37. The van der Waals surface area contributed by atoms with Crippen LogP contribution in [0.5, 0.6) is 0 Å². The maximum Gasteiger partial charge on any atom is 0.135 e. The molecule has 4 nitrogen and oxygen atoms in total. The monoisotopic (exact) mass is 354 g/mol. The molecule has 0 bridgehead atoms. The Morgan fingerprint density at radius 3 is 2.41 bits per heavy atom. The first-order valence-corrected chi connectivity index (χ1v) is 9.18. The van der Waals surface area contributed by atoms with Gasteiger partial charge in [0.05, 0.1) is 11.2 Å². The van der Waals surface area contributed by atoms with E-state index in [1.54, 1.807) is 6.20 Å². The van der Waals surface area contributed by atoms with E-state index < -0.39 is 0 Å². The highest BCUT2D eigenvalue weighted by atomic mass is 15.0. The third-order valence-corrected chi connectivity index (χ3v) is 4.64. The van der Waals surface area contributed by atoms with Crippen LogP contribution in [-0.2, 0) is 6.54 Å². The molecular weight excluding hydrogens is 332 g/mol. The van der Waals surface area contributed by atoms with Crippen LogP contribution in [0.4, 0.5) is 5.82 Å². The van der Waals surface area contributed by atoms with Gasteiger partial charge in [-0.2, -0.15) is 0 Å². The molecule has 2 aromatic carbocycles. The molecule has 4 heteroatoms. The first-order valence-electron chi connectivity index (χ1n) is 9.18. The van der Waals surface area contributed by atoms with Gasteiger partial charge < -0.3 is 11.1 Å². The van der Waals surface area contributed by atoms with Crippen molar-refractivity contribution < 1.29 is 0 Å². The predicted octanol–water partition coefficient (Wildman–Crippen LogP) is 4.85. The Kier molecular flexibility index (Phi) is 4.81. The maximum atomic E-state index is 5.75. The number of rotatable bonds is 5. The summed E-state index contributed by atoms with van der Waals surface area (Å²) < 4.78 is 0. The van der Waals surface area contributed by atoms with E-state index in [1.165, 1.54) is 0 Å². The number of nitrogens with zero attached hydrogens (tertiary/aromatic N) is 2. The quantitative estimate of drug-likeness (QED) is 0.537. The SMILES string of the molecule is CCNc1nccc2nc(-c3ccc(CN)cc3)c(-c3ccccc3)cc12. The molecule has 3 N–H and O–H groups in total. The summed E-state index contributed by atoms with van der Waals surface area (Å²) in [6, 6.07) is 22.8. The molecule has 0 radical (unpaired) electrons. The van der Waals surface area contributed by atoms with Gasteiger partial charge in [0.2, 0.25) is 0 Å². The van der Waals surface area contributed by atoms with Gasteiger partial charge in [-0.25, -0.2) is 9.97 Å². The number of hydrogen-bond donors (Lipinski definition) is 2. The smallest absolute Gasteiger partial charge is 0.135 e. The zero-order chi connectivity index (χ0) is 18.6. The van der Waals surface area contributed by atoms with Crippen molar-refractivity contribution in [2.24, 2.45) is 5.73 Å². The van der Waals surface area contributed by atoms with Gasteiger partial charge in [0.1, 0.15) is 5.82 Å². The molecule has 27 heavy (non-hydrogen) atoms. The largest absolute Gasteiger partial charge is 0.370 e.